The van der Waals surface area contributed by atoms with Gasteiger partial charge in [0.25, 0.3) is 0 Å². The van der Waals surface area contributed by atoms with Crippen molar-refractivity contribution in [2.45, 2.75) is 52.1 Å². The largest absolute Gasteiger partial charge is 0.491 e. The molecule has 1 aliphatic carbocycles. The van der Waals surface area contributed by atoms with Crippen molar-refractivity contribution in [3.63, 3.8) is 0 Å². The van der Waals surface area contributed by atoms with E-state index in [0.717, 1.165) is 42.6 Å². The Morgan fingerprint density at radius 2 is 1.96 bits per heavy atom. The van der Waals surface area contributed by atoms with Crippen molar-refractivity contribution in [1.82, 2.24) is 4.90 Å². The zero-order valence-electron chi connectivity index (χ0n) is 14.4. The highest BCUT2D eigenvalue weighted by Gasteiger charge is 2.52. The van der Waals surface area contributed by atoms with E-state index in [4.69, 9.17) is 4.74 Å². The topological polar surface area (TPSA) is 66.8 Å². The second kappa shape index (κ2) is 6.55. The fourth-order valence-corrected chi connectivity index (χ4v) is 3.80. The molecule has 1 saturated carbocycles. The van der Waals surface area contributed by atoms with Crippen molar-refractivity contribution in [2.24, 2.45) is 5.41 Å². The highest BCUT2D eigenvalue weighted by Crippen LogP contribution is 2.46. The summed E-state index contributed by atoms with van der Waals surface area (Å²) in [4.78, 5) is 26.0. The number of ether oxygens (including phenoxy) is 1. The molecule has 1 aromatic carbocycles. The maximum Gasteiger partial charge on any atom is 0.235 e. The van der Waals surface area contributed by atoms with Crippen molar-refractivity contribution < 1.29 is 19.4 Å². The summed E-state index contributed by atoms with van der Waals surface area (Å²) in [6.45, 7) is 4.00. The van der Waals surface area contributed by atoms with Gasteiger partial charge in [0.2, 0.25) is 11.8 Å². The smallest absolute Gasteiger partial charge is 0.235 e. The van der Waals surface area contributed by atoms with Crippen LogP contribution in [0.4, 0.5) is 0 Å². The first-order chi connectivity index (χ1) is 11.4. The fraction of sp³-hybridized carbons (Fsp3) is 0.579. The van der Waals surface area contributed by atoms with Gasteiger partial charge in [-0.25, -0.2) is 0 Å². The van der Waals surface area contributed by atoms with Gasteiger partial charge in [0.15, 0.2) is 0 Å². The van der Waals surface area contributed by atoms with Crippen LogP contribution in [0.3, 0.4) is 0 Å². The highest BCUT2D eigenvalue weighted by molar-refractivity contribution is 6.06. The Morgan fingerprint density at radius 3 is 2.67 bits per heavy atom. The van der Waals surface area contributed by atoms with E-state index in [-0.39, 0.29) is 25.0 Å². The minimum atomic E-state index is -0.880. The van der Waals surface area contributed by atoms with Gasteiger partial charge in [0.05, 0.1) is 12.0 Å². The molecule has 1 aliphatic heterocycles. The fourth-order valence-electron chi connectivity index (χ4n) is 3.80. The minimum absolute atomic E-state index is 0.0181. The number of carbonyl (C=O) groups is 2. The molecule has 1 atom stereocenters. The van der Waals surface area contributed by atoms with Crippen LogP contribution in [0.2, 0.25) is 0 Å². The predicted molar refractivity (Wildman–Crippen MR) is 89.7 cm³/mol. The summed E-state index contributed by atoms with van der Waals surface area (Å²) in [5.74, 6) is 0.462. The lowest BCUT2D eigenvalue weighted by Crippen LogP contribution is -2.41. The molecular weight excluding hydrogens is 306 g/mol. The van der Waals surface area contributed by atoms with Gasteiger partial charge in [-0.1, -0.05) is 25.0 Å². The molecule has 1 aromatic rings. The Kier molecular flexibility index (Phi) is 4.63. The SMILES string of the molecule is Cc1ccc(C)c(OC[C@@H](O)CN2C(=O)CC3(CCCC3)C2=O)c1. The first-order valence-electron chi connectivity index (χ1n) is 8.64. The normalized spacial score (nSPS) is 20.9. The van der Waals surface area contributed by atoms with Gasteiger partial charge >= 0.3 is 0 Å². The number of hydrogen-bond acceptors (Lipinski definition) is 4. The molecule has 24 heavy (non-hydrogen) atoms. The molecule has 1 saturated heterocycles. The molecule has 0 aromatic heterocycles. The molecule has 0 unspecified atom stereocenters. The molecule has 3 rings (SSSR count). The Morgan fingerprint density at radius 1 is 1.25 bits per heavy atom. The number of aliphatic hydroxyl groups excluding tert-OH is 1. The van der Waals surface area contributed by atoms with Gasteiger partial charge in [-0.05, 0) is 43.9 Å². The first kappa shape index (κ1) is 17.0. The lowest BCUT2D eigenvalue weighted by Gasteiger charge is -2.23. The Bertz CT molecular complexity index is 649. The lowest BCUT2D eigenvalue weighted by atomic mass is 9.84. The predicted octanol–water partition coefficient (Wildman–Crippen LogP) is 2.36. The summed E-state index contributed by atoms with van der Waals surface area (Å²) in [7, 11) is 0. The zero-order chi connectivity index (χ0) is 17.3. The van der Waals surface area contributed by atoms with Crippen LogP contribution in [0.25, 0.3) is 0 Å². The van der Waals surface area contributed by atoms with Crippen LogP contribution in [-0.2, 0) is 9.59 Å². The third-order valence-corrected chi connectivity index (χ3v) is 5.22. The maximum atomic E-state index is 12.6. The van der Waals surface area contributed by atoms with E-state index >= 15 is 0 Å². The van der Waals surface area contributed by atoms with Crippen molar-refractivity contribution in [3.05, 3.63) is 29.3 Å². The van der Waals surface area contributed by atoms with Crippen LogP contribution in [0.15, 0.2) is 18.2 Å². The number of aliphatic hydroxyl groups is 1. The summed E-state index contributed by atoms with van der Waals surface area (Å²) in [5, 5.41) is 10.2. The number of carbonyl (C=O) groups excluding carboxylic acids is 2. The maximum absolute atomic E-state index is 12.6. The molecular formula is C19H25NO4. The van der Waals surface area contributed by atoms with E-state index in [1.807, 2.05) is 32.0 Å². The number of nitrogens with zero attached hydrogens (tertiary/aromatic N) is 1. The quantitative estimate of drug-likeness (QED) is 0.841. The van der Waals surface area contributed by atoms with Crippen LogP contribution >= 0.6 is 0 Å². The Labute approximate surface area is 142 Å². The minimum Gasteiger partial charge on any atom is -0.491 e. The average molecular weight is 331 g/mol. The van der Waals surface area contributed by atoms with Crippen LogP contribution in [-0.4, -0.2) is 41.1 Å². The first-order valence-corrected chi connectivity index (χ1v) is 8.64. The molecule has 1 spiro atoms. The number of benzene rings is 1. The van der Waals surface area contributed by atoms with Crippen LogP contribution in [0, 0.1) is 19.3 Å². The van der Waals surface area contributed by atoms with Crippen LogP contribution in [0.5, 0.6) is 5.75 Å². The van der Waals surface area contributed by atoms with Gasteiger partial charge in [0, 0.05) is 6.42 Å². The summed E-state index contributed by atoms with van der Waals surface area (Å²) < 4.78 is 5.68. The molecule has 5 heteroatoms. The van der Waals surface area contributed by atoms with Crippen LogP contribution in [0.1, 0.15) is 43.2 Å². The summed E-state index contributed by atoms with van der Waals surface area (Å²) >= 11 is 0. The summed E-state index contributed by atoms with van der Waals surface area (Å²) in [6.07, 6.45) is 3.02. The highest BCUT2D eigenvalue weighted by atomic mass is 16.5. The van der Waals surface area contributed by atoms with E-state index < -0.39 is 11.5 Å². The summed E-state index contributed by atoms with van der Waals surface area (Å²) in [5.41, 5.74) is 1.59. The van der Waals surface area contributed by atoms with Gasteiger partial charge < -0.3 is 9.84 Å². The van der Waals surface area contributed by atoms with E-state index in [1.165, 1.54) is 4.90 Å². The zero-order valence-corrected chi connectivity index (χ0v) is 14.4. The number of rotatable bonds is 5. The second-order valence-electron chi connectivity index (χ2n) is 7.21. The summed E-state index contributed by atoms with van der Waals surface area (Å²) in [6, 6.07) is 5.89. The van der Waals surface area contributed by atoms with Crippen LogP contribution < -0.4 is 4.74 Å². The van der Waals surface area contributed by atoms with Gasteiger partial charge in [0.1, 0.15) is 18.5 Å². The molecule has 0 radical (unpaired) electrons. The third kappa shape index (κ3) is 3.18. The monoisotopic (exact) mass is 331 g/mol. The third-order valence-electron chi connectivity index (χ3n) is 5.22. The number of amides is 2. The number of hydrogen-bond donors (Lipinski definition) is 1. The van der Waals surface area contributed by atoms with E-state index in [2.05, 4.69) is 0 Å². The molecule has 2 aliphatic rings. The molecule has 2 amide bonds. The molecule has 0 bridgehead atoms. The van der Waals surface area contributed by atoms with E-state index in [1.54, 1.807) is 0 Å². The number of β-amino-alcohol motifs (C(OH)–C–C–N with tert-alkyl or cyclic N) is 1. The van der Waals surface area contributed by atoms with Gasteiger partial charge in [-0.2, -0.15) is 0 Å². The second-order valence-corrected chi connectivity index (χ2v) is 7.21. The lowest BCUT2D eigenvalue weighted by molar-refractivity contribution is -0.143. The molecule has 5 nitrogen and oxygen atoms in total. The number of imide groups is 1. The number of likely N-dealkylation sites (tertiary alicyclic amines) is 1. The number of aryl methyl sites for hydroxylation is 2. The van der Waals surface area contributed by atoms with E-state index in [0.29, 0.717) is 6.42 Å². The molecule has 1 heterocycles. The van der Waals surface area contributed by atoms with Gasteiger partial charge in [-0.15, -0.1) is 0 Å². The molecule has 130 valence electrons. The van der Waals surface area contributed by atoms with Gasteiger partial charge in [-0.3, -0.25) is 14.5 Å². The Balaban J connectivity index is 1.59. The Hall–Kier alpha value is -1.88. The standard InChI is InChI=1S/C19H25NO4/c1-13-5-6-14(2)16(9-13)24-12-15(21)11-20-17(22)10-19(18(20)23)7-3-4-8-19/h5-6,9,15,21H,3-4,7-8,10-12H2,1-2H3/t15-/m0/s1. The van der Waals surface area contributed by atoms with Crippen molar-refractivity contribution in [3.8, 4) is 5.75 Å². The molecule has 1 N–H and O–H groups in total. The van der Waals surface area contributed by atoms with Crippen molar-refractivity contribution >= 4 is 11.8 Å². The molecule has 2 fully saturated rings. The average Bonchev–Trinajstić information content (AvgIpc) is 3.10. The van der Waals surface area contributed by atoms with E-state index in [9.17, 15) is 14.7 Å². The van der Waals surface area contributed by atoms with Crippen molar-refractivity contribution in [1.29, 1.82) is 0 Å². The van der Waals surface area contributed by atoms with Crippen molar-refractivity contribution in [2.75, 3.05) is 13.2 Å².